The summed E-state index contributed by atoms with van der Waals surface area (Å²) in [5.41, 5.74) is 1.15. The maximum atomic E-state index is 8.87. The van der Waals surface area contributed by atoms with Crippen LogP contribution in [0.2, 0.25) is 5.02 Å². The molecule has 86 valence electrons. The van der Waals surface area contributed by atoms with Crippen LogP contribution in [0.25, 0.3) is 10.6 Å². The van der Waals surface area contributed by atoms with E-state index in [0.717, 1.165) is 5.56 Å². The molecule has 0 saturated carbocycles. The Kier molecular flexibility index (Phi) is 3.67. The van der Waals surface area contributed by atoms with E-state index < -0.39 is 0 Å². The van der Waals surface area contributed by atoms with Crippen LogP contribution in [-0.4, -0.2) is 12.1 Å². The first kappa shape index (κ1) is 12.4. The van der Waals surface area contributed by atoms with Gasteiger partial charge in [-0.25, -0.2) is 4.98 Å². The summed E-state index contributed by atoms with van der Waals surface area (Å²) in [7, 11) is 1.58. The van der Waals surface area contributed by atoms with Crippen LogP contribution in [0.3, 0.4) is 0 Å². The van der Waals surface area contributed by atoms with E-state index in [1.807, 2.05) is 6.07 Å². The first-order valence-electron chi connectivity index (χ1n) is 4.56. The van der Waals surface area contributed by atoms with Crippen molar-refractivity contribution < 1.29 is 4.74 Å². The lowest BCUT2D eigenvalue weighted by molar-refractivity contribution is 0.416. The van der Waals surface area contributed by atoms with Gasteiger partial charge in [-0.3, -0.25) is 0 Å². The molecule has 0 aliphatic heterocycles. The highest BCUT2D eigenvalue weighted by Gasteiger charge is 2.14. The van der Waals surface area contributed by atoms with Crippen LogP contribution in [0.15, 0.2) is 22.0 Å². The van der Waals surface area contributed by atoms with Gasteiger partial charge in [-0.05, 0) is 34.1 Å². The van der Waals surface area contributed by atoms with Gasteiger partial charge in [-0.1, -0.05) is 11.6 Å². The molecule has 0 amide bonds. The molecular weight excluding hydrogens is 324 g/mol. The highest BCUT2D eigenvalue weighted by molar-refractivity contribution is 9.11. The quantitative estimate of drug-likeness (QED) is 0.833. The summed E-state index contributed by atoms with van der Waals surface area (Å²) in [4.78, 5) is 4.22. The zero-order valence-corrected chi connectivity index (χ0v) is 11.9. The third-order valence-electron chi connectivity index (χ3n) is 2.08. The van der Waals surface area contributed by atoms with E-state index in [4.69, 9.17) is 21.6 Å². The van der Waals surface area contributed by atoms with E-state index in [1.165, 1.54) is 11.3 Å². The highest BCUT2D eigenvalue weighted by atomic mass is 79.9. The van der Waals surface area contributed by atoms with Crippen molar-refractivity contribution in [2.75, 3.05) is 7.11 Å². The van der Waals surface area contributed by atoms with Crippen LogP contribution in [0.1, 0.15) is 5.69 Å². The minimum atomic E-state index is 0.368. The van der Waals surface area contributed by atoms with Crippen LogP contribution in [0.5, 0.6) is 5.75 Å². The van der Waals surface area contributed by atoms with E-state index in [-0.39, 0.29) is 0 Å². The number of halogens is 2. The van der Waals surface area contributed by atoms with Crippen molar-refractivity contribution >= 4 is 38.9 Å². The summed E-state index contributed by atoms with van der Waals surface area (Å²) < 4.78 is 5.95. The fourth-order valence-corrected chi connectivity index (χ4v) is 2.91. The Morgan fingerprint density at radius 3 is 2.88 bits per heavy atom. The first-order valence-corrected chi connectivity index (χ1v) is 6.54. The van der Waals surface area contributed by atoms with Gasteiger partial charge in [0.2, 0.25) is 0 Å². The number of ether oxygens (including phenoxy) is 1. The third kappa shape index (κ3) is 2.44. The number of aromatic nitrogens is 1. The largest absolute Gasteiger partial charge is 0.496 e. The Balaban J connectivity index is 2.59. The summed E-state index contributed by atoms with van der Waals surface area (Å²) in [5.74, 6) is 0.681. The van der Waals surface area contributed by atoms with Gasteiger partial charge in [0.05, 0.1) is 12.7 Å². The molecule has 1 aromatic heterocycles. The number of hydrogen-bond acceptors (Lipinski definition) is 4. The lowest BCUT2D eigenvalue weighted by Gasteiger charge is -2.05. The Labute approximate surface area is 116 Å². The van der Waals surface area contributed by atoms with E-state index in [1.54, 1.807) is 25.3 Å². The number of nitrogens with zero attached hydrogens (tertiary/aromatic N) is 2. The van der Waals surface area contributed by atoms with Crippen molar-refractivity contribution in [3.8, 4) is 22.4 Å². The summed E-state index contributed by atoms with van der Waals surface area (Å²) in [6, 6.07) is 7.31. The minimum Gasteiger partial charge on any atom is -0.496 e. The maximum absolute atomic E-state index is 8.87. The van der Waals surface area contributed by atoms with Crippen molar-refractivity contribution in [2.24, 2.45) is 0 Å². The molecule has 0 bridgehead atoms. The summed E-state index contributed by atoms with van der Waals surface area (Å²) in [5, 5.41) is 10.2. The average Bonchev–Trinajstić information content (AvgIpc) is 2.70. The van der Waals surface area contributed by atoms with Crippen molar-refractivity contribution in [1.29, 1.82) is 5.26 Å². The van der Waals surface area contributed by atoms with Crippen LogP contribution < -0.4 is 4.74 Å². The number of thiazole rings is 1. The zero-order valence-electron chi connectivity index (χ0n) is 8.70. The number of benzene rings is 1. The van der Waals surface area contributed by atoms with Gasteiger partial charge >= 0.3 is 0 Å². The number of methoxy groups -OCH3 is 1. The predicted octanol–water partition coefficient (Wildman–Crippen LogP) is 4.11. The molecule has 1 aromatic carbocycles. The number of rotatable bonds is 2. The first-order chi connectivity index (χ1) is 8.15. The van der Waals surface area contributed by atoms with E-state index >= 15 is 0 Å². The van der Waals surface area contributed by atoms with Gasteiger partial charge in [0.25, 0.3) is 0 Å². The summed E-state index contributed by atoms with van der Waals surface area (Å²) in [6.45, 7) is 0. The van der Waals surface area contributed by atoms with Gasteiger partial charge in [-0.2, -0.15) is 5.26 Å². The molecule has 0 spiro atoms. The second kappa shape index (κ2) is 5.05. The topological polar surface area (TPSA) is 45.9 Å². The highest BCUT2D eigenvalue weighted by Crippen LogP contribution is 2.37. The van der Waals surface area contributed by atoms with Crippen LogP contribution in [0.4, 0.5) is 0 Å². The molecule has 0 unspecified atom stereocenters. The average molecular weight is 330 g/mol. The zero-order chi connectivity index (χ0) is 12.4. The molecule has 0 atom stereocenters. The molecule has 6 heteroatoms. The fraction of sp³-hybridized carbons (Fsp3) is 0.0909. The number of hydrogen-bond donors (Lipinski definition) is 0. The Hall–Kier alpha value is -1.09. The van der Waals surface area contributed by atoms with Crippen molar-refractivity contribution in [1.82, 2.24) is 4.98 Å². The minimum absolute atomic E-state index is 0.368. The Morgan fingerprint density at radius 1 is 1.53 bits per heavy atom. The maximum Gasteiger partial charge on any atom is 0.166 e. The molecule has 3 nitrogen and oxygen atoms in total. The second-order valence-corrected chi connectivity index (χ2v) is 5.85. The van der Waals surface area contributed by atoms with Crippen LogP contribution in [0, 0.1) is 11.3 Å². The van der Waals surface area contributed by atoms with Crippen molar-refractivity contribution in [3.63, 3.8) is 0 Å². The lowest BCUT2D eigenvalue weighted by Crippen LogP contribution is -1.87. The normalized spacial score (nSPS) is 10.0. The van der Waals surface area contributed by atoms with Gasteiger partial charge in [0.1, 0.15) is 20.6 Å². The lowest BCUT2D eigenvalue weighted by atomic mass is 10.2. The SMILES string of the molecule is COc1ccc(Cl)cc1-c1nc(C#N)c(Br)s1. The smallest absolute Gasteiger partial charge is 0.166 e. The van der Waals surface area contributed by atoms with Crippen molar-refractivity contribution in [3.05, 3.63) is 32.7 Å². The predicted molar refractivity (Wildman–Crippen MR) is 71.5 cm³/mol. The van der Waals surface area contributed by atoms with Gasteiger partial charge in [0, 0.05) is 5.02 Å². The molecule has 0 saturated heterocycles. The monoisotopic (exact) mass is 328 g/mol. The molecule has 2 aromatic rings. The number of nitriles is 1. The fourth-order valence-electron chi connectivity index (χ4n) is 1.33. The van der Waals surface area contributed by atoms with Gasteiger partial charge < -0.3 is 4.74 Å². The van der Waals surface area contributed by atoms with E-state index in [2.05, 4.69) is 20.9 Å². The molecule has 1 heterocycles. The van der Waals surface area contributed by atoms with Crippen LogP contribution >= 0.6 is 38.9 Å². The van der Waals surface area contributed by atoms with Crippen LogP contribution in [-0.2, 0) is 0 Å². The second-order valence-electron chi connectivity index (χ2n) is 3.10. The third-order valence-corrected chi connectivity index (χ3v) is 4.06. The molecule has 0 fully saturated rings. The van der Waals surface area contributed by atoms with Crippen molar-refractivity contribution in [2.45, 2.75) is 0 Å². The van der Waals surface area contributed by atoms with E-state index in [9.17, 15) is 0 Å². The summed E-state index contributed by atoms with van der Waals surface area (Å²) in [6.07, 6.45) is 0. The van der Waals surface area contributed by atoms with Gasteiger partial charge in [0.15, 0.2) is 5.69 Å². The molecule has 17 heavy (non-hydrogen) atoms. The summed E-state index contributed by atoms with van der Waals surface area (Å²) >= 11 is 10.6. The Bertz CT molecular complexity index is 606. The molecule has 0 aliphatic rings. The van der Waals surface area contributed by atoms with Gasteiger partial charge in [-0.15, -0.1) is 11.3 Å². The van der Waals surface area contributed by atoms with E-state index in [0.29, 0.717) is 25.3 Å². The molecule has 0 N–H and O–H groups in total. The molecule has 0 radical (unpaired) electrons. The standard InChI is InChI=1S/C11H6BrClN2OS/c1-16-9-3-2-6(13)4-7(9)11-15-8(5-14)10(12)17-11/h2-4H,1H3. The molecular formula is C11H6BrClN2OS. The molecule has 2 rings (SSSR count). The Morgan fingerprint density at radius 2 is 2.29 bits per heavy atom. The molecule has 0 aliphatic carbocycles.